The average molecular weight is 279 g/mol. The zero-order chi connectivity index (χ0) is 14.9. The van der Waals surface area contributed by atoms with Crippen molar-refractivity contribution in [1.82, 2.24) is 0 Å². The summed E-state index contributed by atoms with van der Waals surface area (Å²) in [7, 11) is 0. The standard InChI is InChI=1S/C20H25N/c1-15-6-5-7-16(2)19(15)13-20(14-21)11-10-17-8-3-4-9-18(17)12-20/h3-9H,10-14,21H2,1-2H3. The molecule has 3 rings (SSSR count). The van der Waals surface area contributed by atoms with E-state index in [0.29, 0.717) is 0 Å². The molecule has 0 bridgehead atoms. The van der Waals surface area contributed by atoms with Crippen molar-refractivity contribution in [3.8, 4) is 0 Å². The summed E-state index contributed by atoms with van der Waals surface area (Å²) in [5, 5.41) is 0. The molecule has 2 N–H and O–H groups in total. The lowest BCUT2D eigenvalue weighted by atomic mass is 9.67. The van der Waals surface area contributed by atoms with Crippen LogP contribution in [-0.2, 0) is 19.3 Å². The molecule has 0 saturated carbocycles. The molecule has 1 atom stereocenters. The van der Waals surface area contributed by atoms with Gasteiger partial charge in [0.1, 0.15) is 0 Å². The zero-order valence-electron chi connectivity index (χ0n) is 13.2. The monoisotopic (exact) mass is 279 g/mol. The van der Waals surface area contributed by atoms with Crippen LogP contribution >= 0.6 is 0 Å². The first-order valence-electron chi connectivity index (χ1n) is 7.95. The van der Waals surface area contributed by atoms with Crippen LogP contribution in [0.4, 0.5) is 0 Å². The normalized spacial score (nSPS) is 21.1. The maximum atomic E-state index is 6.24. The Kier molecular flexibility index (Phi) is 3.86. The number of rotatable bonds is 3. The molecular weight excluding hydrogens is 254 g/mol. The summed E-state index contributed by atoms with van der Waals surface area (Å²) in [6.45, 7) is 5.22. The summed E-state index contributed by atoms with van der Waals surface area (Å²) in [6, 6.07) is 15.5. The van der Waals surface area contributed by atoms with E-state index in [1.807, 2.05) is 0 Å². The van der Waals surface area contributed by atoms with Gasteiger partial charge in [-0.25, -0.2) is 0 Å². The Morgan fingerprint density at radius 3 is 2.29 bits per heavy atom. The van der Waals surface area contributed by atoms with Crippen LogP contribution in [0.5, 0.6) is 0 Å². The fourth-order valence-electron chi connectivity index (χ4n) is 3.77. The lowest BCUT2D eigenvalue weighted by molar-refractivity contribution is 0.253. The lowest BCUT2D eigenvalue weighted by Crippen LogP contribution is -2.38. The zero-order valence-corrected chi connectivity index (χ0v) is 13.2. The van der Waals surface area contributed by atoms with E-state index >= 15 is 0 Å². The van der Waals surface area contributed by atoms with Crippen LogP contribution in [0.15, 0.2) is 42.5 Å². The molecule has 2 aromatic carbocycles. The minimum absolute atomic E-state index is 0.227. The van der Waals surface area contributed by atoms with Gasteiger partial charge < -0.3 is 5.73 Å². The summed E-state index contributed by atoms with van der Waals surface area (Å²) in [4.78, 5) is 0. The third-order valence-electron chi connectivity index (χ3n) is 5.24. The number of hydrogen-bond acceptors (Lipinski definition) is 1. The van der Waals surface area contributed by atoms with E-state index in [1.165, 1.54) is 34.2 Å². The Morgan fingerprint density at radius 2 is 1.62 bits per heavy atom. The number of benzene rings is 2. The minimum Gasteiger partial charge on any atom is -0.330 e. The molecule has 0 spiro atoms. The van der Waals surface area contributed by atoms with Crippen molar-refractivity contribution in [1.29, 1.82) is 0 Å². The third-order valence-corrected chi connectivity index (χ3v) is 5.24. The highest BCUT2D eigenvalue weighted by Crippen LogP contribution is 2.38. The van der Waals surface area contributed by atoms with Crippen LogP contribution in [0.3, 0.4) is 0 Å². The molecule has 1 unspecified atom stereocenters. The van der Waals surface area contributed by atoms with Crippen molar-refractivity contribution < 1.29 is 0 Å². The number of aryl methyl sites for hydroxylation is 3. The molecule has 1 aliphatic carbocycles. The van der Waals surface area contributed by atoms with Gasteiger partial charge in [-0.3, -0.25) is 0 Å². The van der Waals surface area contributed by atoms with Crippen LogP contribution in [0.1, 0.15) is 34.2 Å². The molecule has 0 radical (unpaired) electrons. The Balaban J connectivity index is 1.93. The Labute approximate surface area is 128 Å². The first-order chi connectivity index (χ1) is 10.1. The van der Waals surface area contributed by atoms with Gasteiger partial charge in [0.15, 0.2) is 0 Å². The second-order valence-electron chi connectivity index (χ2n) is 6.70. The second kappa shape index (κ2) is 5.65. The molecule has 21 heavy (non-hydrogen) atoms. The van der Waals surface area contributed by atoms with Crippen molar-refractivity contribution in [2.24, 2.45) is 11.1 Å². The van der Waals surface area contributed by atoms with E-state index in [9.17, 15) is 0 Å². The molecule has 1 aliphatic rings. The van der Waals surface area contributed by atoms with E-state index in [2.05, 4.69) is 56.3 Å². The van der Waals surface area contributed by atoms with Gasteiger partial charge in [-0.2, -0.15) is 0 Å². The molecule has 110 valence electrons. The van der Waals surface area contributed by atoms with E-state index in [-0.39, 0.29) is 5.41 Å². The van der Waals surface area contributed by atoms with Crippen molar-refractivity contribution in [3.63, 3.8) is 0 Å². The average Bonchev–Trinajstić information content (AvgIpc) is 2.51. The van der Waals surface area contributed by atoms with Crippen molar-refractivity contribution in [3.05, 3.63) is 70.3 Å². The SMILES string of the molecule is Cc1cccc(C)c1CC1(CN)CCc2ccccc2C1. The van der Waals surface area contributed by atoms with Crippen LogP contribution < -0.4 is 5.73 Å². The maximum Gasteiger partial charge on any atom is -0.00140 e. The molecule has 1 heteroatoms. The largest absolute Gasteiger partial charge is 0.330 e. The highest BCUT2D eigenvalue weighted by Gasteiger charge is 2.33. The van der Waals surface area contributed by atoms with Crippen molar-refractivity contribution in [2.45, 2.75) is 39.5 Å². The van der Waals surface area contributed by atoms with Crippen LogP contribution in [-0.4, -0.2) is 6.54 Å². The van der Waals surface area contributed by atoms with Gasteiger partial charge in [-0.15, -0.1) is 0 Å². The molecular formula is C20H25N. The fraction of sp³-hybridized carbons (Fsp3) is 0.400. The Bertz CT molecular complexity index is 624. The van der Waals surface area contributed by atoms with Crippen LogP contribution in [0.2, 0.25) is 0 Å². The summed E-state index contributed by atoms with van der Waals surface area (Å²) in [5.41, 5.74) is 13.8. The first-order valence-corrected chi connectivity index (χ1v) is 7.95. The number of hydrogen-bond donors (Lipinski definition) is 1. The molecule has 2 aromatic rings. The van der Waals surface area contributed by atoms with E-state index in [0.717, 1.165) is 25.8 Å². The van der Waals surface area contributed by atoms with Gasteiger partial charge in [-0.1, -0.05) is 42.5 Å². The molecule has 0 aliphatic heterocycles. The van der Waals surface area contributed by atoms with Gasteiger partial charge in [0, 0.05) is 0 Å². The first kappa shape index (κ1) is 14.3. The van der Waals surface area contributed by atoms with Gasteiger partial charge >= 0.3 is 0 Å². The fourth-order valence-corrected chi connectivity index (χ4v) is 3.77. The van der Waals surface area contributed by atoms with Gasteiger partial charge in [0.2, 0.25) is 0 Å². The van der Waals surface area contributed by atoms with Crippen molar-refractivity contribution >= 4 is 0 Å². The number of fused-ring (bicyclic) bond motifs is 1. The predicted octanol–water partition coefficient (Wildman–Crippen LogP) is 3.98. The van der Waals surface area contributed by atoms with Crippen LogP contribution in [0, 0.1) is 19.3 Å². The maximum absolute atomic E-state index is 6.24. The number of nitrogens with two attached hydrogens (primary N) is 1. The summed E-state index contributed by atoms with van der Waals surface area (Å²) < 4.78 is 0. The molecule has 0 aromatic heterocycles. The topological polar surface area (TPSA) is 26.0 Å². The minimum atomic E-state index is 0.227. The molecule has 0 heterocycles. The van der Waals surface area contributed by atoms with Gasteiger partial charge in [-0.05, 0) is 79.3 Å². The Morgan fingerprint density at radius 1 is 0.952 bits per heavy atom. The highest BCUT2D eigenvalue weighted by molar-refractivity contribution is 5.37. The predicted molar refractivity (Wildman–Crippen MR) is 89.6 cm³/mol. The lowest BCUT2D eigenvalue weighted by Gasteiger charge is -2.38. The van der Waals surface area contributed by atoms with E-state index in [1.54, 1.807) is 0 Å². The van der Waals surface area contributed by atoms with Gasteiger partial charge in [0.05, 0.1) is 0 Å². The molecule has 0 fully saturated rings. The molecule has 0 saturated heterocycles. The van der Waals surface area contributed by atoms with Crippen molar-refractivity contribution in [2.75, 3.05) is 6.54 Å². The smallest absolute Gasteiger partial charge is 0.00140 e. The molecule has 0 amide bonds. The third kappa shape index (κ3) is 2.75. The van der Waals surface area contributed by atoms with E-state index in [4.69, 9.17) is 5.73 Å². The Hall–Kier alpha value is -1.60. The van der Waals surface area contributed by atoms with Gasteiger partial charge in [0.25, 0.3) is 0 Å². The quantitative estimate of drug-likeness (QED) is 0.903. The molecule has 1 nitrogen and oxygen atoms in total. The second-order valence-corrected chi connectivity index (χ2v) is 6.70. The summed E-state index contributed by atoms with van der Waals surface area (Å²) in [6.07, 6.45) is 4.59. The highest BCUT2D eigenvalue weighted by atomic mass is 14.6. The summed E-state index contributed by atoms with van der Waals surface area (Å²) in [5.74, 6) is 0. The van der Waals surface area contributed by atoms with E-state index < -0.39 is 0 Å². The van der Waals surface area contributed by atoms with Crippen LogP contribution in [0.25, 0.3) is 0 Å². The summed E-state index contributed by atoms with van der Waals surface area (Å²) >= 11 is 0.